The van der Waals surface area contributed by atoms with Crippen LogP contribution < -0.4 is 10.6 Å². The monoisotopic (exact) mass is 469 g/mol. The molecule has 1 atom stereocenters. The van der Waals surface area contributed by atoms with Gasteiger partial charge in [-0.2, -0.15) is 17.5 Å². The number of anilines is 1. The van der Waals surface area contributed by atoms with E-state index < -0.39 is 40.6 Å². The topological polar surface area (TPSA) is 95.6 Å². The van der Waals surface area contributed by atoms with Crippen LogP contribution in [0.3, 0.4) is 0 Å². The molecule has 7 nitrogen and oxygen atoms in total. The number of rotatable bonds is 6. The van der Waals surface area contributed by atoms with E-state index in [1.54, 1.807) is 23.5 Å². The fourth-order valence-electron chi connectivity index (χ4n) is 3.40. The first-order chi connectivity index (χ1) is 15.1. The summed E-state index contributed by atoms with van der Waals surface area (Å²) in [4.78, 5) is 24.8. The van der Waals surface area contributed by atoms with Gasteiger partial charge in [-0.3, -0.25) is 9.59 Å². The van der Waals surface area contributed by atoms with Gasteiger partial charge in [-0.1, -0.05) is 24.6 Å². The van der Waals surface area contributed by atoms with Crippen LogP contribution in [0.25, 0.3) is 0 Å². The number of nitrogens with one attached hydrogen (secondary N) is 2. The molecule has 32 heavy (non-hydrogen) atoms. The van der Waals surface area contributed by atoms with Gasteiger partial charge in [0.25, 0.3) is 5.91 Å². The van der Waals surface area contributed by atoms with E-state index >= 15 is 0 Å². The zero-order valence-electron chi connectivity index (χ0n) is 16.9. The molecule has 1 aliphatic heterocycles. The normalized spacial score (nSPS) is 17.5. The predicted octanol–water partition coefficient (Wildman–Crippen LogP) is 3.16. The van der Waals surface area contributed by atoms with E-state index in [9.17, 15) is 31.2 Å². The molecule has 0 radical (unpaired) electrons. The van der Waals surface area contributed by atoms with E-state index in [0.717, 1.165) is 0 Å². The first-order valence-electron chi connectivity index (χ1n) is 9.91. The van der Waals surface area contributed by atoms with E-state index in [1.165, 1.54) is 40.7 Å². The summed E-state index contributed by atoms with van der Waals surface area (Å²) < 4.78 is 63.9. The number of carbonyl (C=O) groups excluding carboxylic acids is 2. The van der Waals surface area contributed by atoms with Gasteiger partial charge >= 0.3 is 6.18 Å². The Kier molecular flexibility index (Phi) is 7.19. The SMILES string of the molecule is O=C(NCC(F)(F)F)c1ccc(NC(=O)C2CCCCN2S(=O)(=O)c2ccccc2)cc1. The second-order valence-electron chi connectivity index (χ2n) is 7.30. The molecular weight excluding hydrogens is 447 g/mol. The smallest absolute Gasteiger partial charge is 0.343 e. The fraction of sp³-hybridized carbons (Fsp3) is 0.333. The molecule has 2 aromatic carbocycles. The van der Waals surface area contributed by atoms with Crippen molar-refractivity contribution in [3.05, 3.63) is 60.2 Å². The number of halogens is 3. The fourth-order valence-corrected chi connectivity index (χ4v) is 5.07. The molecule has 2 amide bonds. The standard InChI is InChI=1S/C21H22F3N3O4S/c22-21(23,24)14-25-19(28)15-9-11-16(12-10-15)26-20(29)18-8-4-5-13-27(18)32(30,31)17-6-2-1-3-7-17/h1-3,6-7,9-12,18H,4-5,8,13-14H2,(H,25,28)(H,26,29). The van der Waals surface area contributed by atoms with Crippen LogP contribution in [0.15, 0.2) is 59.5 Å². The van der Waals surface area contributed by atoms with E-state index in [4.69, 9.17) is 0 Å². The molecule has 0 aliphatic carbocycles. The molecule has 1 fully saturated rings. The van der Waals surface area contributed by atoms with Crippen molar-refractivity contribution < 1.29 is 31.2 Å². The number of carbonyl (C=O) groups is 2. The summed E-state index contributed by atoms with van der Waals surface area (Å²) in [5.41, 5.74) is 0.295. The first kappa shape index (κ1) is 23.7. The second-order valence-corrected chi connectivity index (χ2v) is 9.20. The van der Waals surface area contributed by atoms with Crippen LogP contribution in [0.2, 0.25) is 0 Å². The van der Waals surface area contributed by atoms with E-state index in [0.29, 0.717) is 24.9 Å². The average Bonchev–Trinajstić information content (AvgIpc) is 2.78. The lowest BCUT2D eigenvalue weighted by molar-refractivity contribution is -0.123. The summed E-state index contributed by atoms with van der Waals surface area (Å²) in [6, 6.07) is 12.3. The summed E-state index contributed by atoms with van der Waals surface area (Å²) in [7, 11) is -3.86. The molecule has 0 bridgehead atoms. The highest BCUT2D eigenvalue weighted by Crippen LogP contribution is 2.26. The van der Waals surface area contributed by atoms with Gasteiger partial charge < -0.3 is 10.6 Å². The van der Waals surface area contributed by atoms with Crippen molar-refractivity contribution in [1.82, 2.24) is 9.62 Å². The number of benzene rings is 2. The van der Waals surface area contributed by atoms with Crippen molar-refractivity contribution in [3.8, 4) is 0 Å². The van der Waals surface area contributed by atoms with E-state index in [2.05, 4.69) is 5.32 Å². The van der Waals surface area contributed by atoms with Gasteiger partial charge in [0.15, 0.2) is 0 Å². The van der Waals surface area contributed by atoms with E-state index in [1.807, 2.05) is 0 Å². The number of amides is 2. The lowest BCUT2D eigenvalue weighted by Crippen LogP contribution is -2.49. The van der Waals surface area contributed by atoms with E-state index in [-0.39, 0.29) is 17.0 Å². The summed E-state index contributed by atoms with van der Waals surface area (Å²) in [5.74, 6) is -1.41. The zero-order chi connectivity index (χ0) is 23.4. The maximum atomic E-state index is 13.0. The minimum absolute atomic E-state index is 0.00167. The number of piperidine rings is 1. The van der Waals surface area contributed by atoms with Gasteiger partial charge in [-0.15, -0.1) is 0 Å². The number of hydrogen-bond acceptors (Lipinski definition) is 4. The Balaban J connectivity index is 1.69. The molecular formula is C21H22F3N3O4S. The van der Waals surface area contributed by atoms with Crippen LogP contribution in [0.1, 0.15) is 29.6 Å². The van der Waals surface area contributed by atoms with Crippen molar-refractivity contribution >= 4 is 27.5 Å². The lowest BCUT2D eigenvalue weighted by Gasteiger charge is -2.33. The van der Waals surface area contributed by atoms with Gasteiger partial charge in [0.2, 0.25) is 15.9 Å². The molecule has 1 heterocycles. The third kappa shape index (κ3) is 5.86. The number of alkyl halides is 3. The molecule has 3 rings (SSSR count). The molecule has 0 aromatic heterocycles. The van der Waals surface area contributed by atoms with Gasteiger partial charge in [-0.05, 0) is 49.2 Å². The zero-order valence-corrected chi connectivity index (χ0v) is 17.7. The second kappa shape index (κ2) is 9.70. The average molecular weight is 469 g/mol. The molecule has 2 N–H and O–H groups in total. The maximum Gasteiger partial charge on any atom is 0.405 e. The molecule has 0 saturated carbocycles. The molecule has 1 aliphatic rings. The van der Waals surface area contributed by atoms with Crippen LogP contribution >= 0.6 is 0 Å². The van der Waals surface area contributed by atoms with Crippen LogP contribution in [0.4, 0.5) is 18.9 Å². The Labute approximate surface area is 183 Å². The largest absolute Gasteiger partial charge is 0.405 e. The highest BCUT2D eigenvalue weighted by atomic mass is 32.2. The number of hydrogen-bond donors (Lipinski definition) is 2. The van der Waals surface area contributed by atoms with Gasteiger partial charge in [0, 0.05) is 17.8 Å². The summed E-state index contributed by atoms with van der Waals surface area (Å²) in [5, 5.41) is 4.39. The first-order valence-corrected chi connectivity index (χ1v) is 11.3. The Morgan fingerprint density at radius 2 is 1.66 bits per heavy atom. The van der Waals surface area contributed by atoms with Crippen molar-refractivity contribution in [3.63, 3.8) is 0 Å². The Morgan fingerprint density at radius 3 is 2.28 bits per heavy atom. The van der Waals surface area contributed by atoms with Crippen LogP contribution in [0.5, 0.6) is 0 Å². The Morgan fingerprint density at radius 1 is 1.00 bits per heavy atom. The maximum absolute atomic E-state index is 13.0. The third-order valence-electron chi connectivity index (χ3n) is 4.97. The van der Waals surface area contributed by atoms with Crippen LogP contribution in [-0.4, -0.2) is 49.8 Å². The highest BCUT2D eigenvalue weighted by Gasteiger charge is 2.37. The summed E-state index contributed by atoms with van der Waals surface area (Å²) in [6.07, 6.45) is -2.83. The third-order valence-corrected chi connectivity index (χ3v) is 6.89. The molecule has 1 saturated heterocycles. The van der Waals surface area contributed by atoms with Gasteiger partial charge in [0.1, 0.15) is 12.6 Å². The van der Waals surface area contributed by atoms with Crippen molar-refractivity contribution in [1.29, 1.82) is 0 Å². The Bertz CT molecular complexity index is 1060. The lowest BCUT2D eigenvalue weighted by atomic mass is 10.0. The van der Waals surface area contributed by atoms with Crippen molar-refractivity contribution in [2.75, 3.05) is 18.4 Å². The van der Waals surface area contributed by atoms with Gasteiger partial charge in [-0.25, -0.2) is 8.42 Å². The quantitative estimate of drug-likeness (QED) is 0.680. The Hall–Kier alpha value is -2.92. The van der Waals surface area contributed by atoms with Crippen LogP contribution in [0, 0.1) is 0 Å². The van der Waals surface area contributed by atoms with Crippen molar-refractivity contribution in [2.45, 2.75) is 36.4 Å². The molecule has 11 heteroatoms. The minimum Gasteiger partial charge on any atom is -0.343 e. The predicted molar refractivity (Wildman–Crippen MR) is 111 cm³/mol. The van der Waals surface area contributed by atoms with Crippen LogP contribution in [-0.2, 0) is 14.8 Å². The summed E-state index contributed by atoms with van der Waals surface area (Å²) >= 11 is 0. The molecule has 1 unspecified atom stereocenters. The highest BCUT2D eigenvalue weighted by molar-refractivity contribution is 7.89. The summed E-state index contributed by atoms with van der Waals surface area (Å²) in [6.45, 7) is -1.23. The minimum atomic E-state index is -4.52. The van der Waals surface area contributed by atoms with Gasteiger partial charge in [0.05, 0.1) is 4.90 Å². The molecule has 2 aromatic rings. The molecule has 172 valence electrons. The molecule has 0 spiro atoms. The number of sulfonamides is 1. The van der Waals surface area contributed by atoms with Crippen molar-refractivity contribution in [2.24, 2.45) is 0 Å². The number of nitrogens with zero attached hydrogens (tertiary/aromatic N) is 1.